The molecule has 5 nitrogen and oxygen atoms in total. The number of hydrogen-bond donors (Lipinski definition) is 2. The van der Waals surface area contributed by atoms with Crippen molar-refractivity contribution in [2.75, 3.05) is 7.11 Å². The normalized spacial score (nSPS) is 16.8. The van der Waals surface area contributed by atoms with Crippen LogP contribution in [0.4, 0.5) is 8.78 Å². The van der Waals surface area contributed by atoms with Crippen LogP contribution in [0.25, 0.3) is 17.2 Å². The van der Waals surface area contributed by atoms with Gasteiger partial charge in [0.2, 0.25) is 5.91 Å². The minimum atomic E-state index is -0.843. The maximum Gasteiger partial charge on any atom is 0.341 e. The molecule has 35 heavy (non-hydrogen) atoms. The monoisotopic (exact) mass is 477 g/mol. The fourth-order valence-electron chi connectivity index (χ4n) is 3.94. The number of methoxy groups -OCH3 is 1. The van der Waals surface area contributed by atoms with E-state index in [1.807, 2.05) is 36.4 Å². The number of rotatable bonds is 8. The molecule has 0 aromatic heterocycles. The second kappa shape index (κ2) is 10.6. The van der Waals surface area contributed by atoms with Gasteiger partial charge >= 0.3 is 5.97 Å². The Balaban J connectivity index is 1.36. The molecule has 2 N–H and O–H groups in total. The van der Waals surface area contributed by atoms with E-state index in [-0.39, 0.29) is 47.6 Å². The molecule has 7 heteroatoms. The third-order valence-corrected chi connectivity index (χ3v) is 6.09. The molecule has 0 saturated heterocycles. The summed E-state index contributed by atoms with van der Waals surface area (Å²) in [6, 6.07) is 15.9. The summed E-state index contributed by atoms with van der Waals surface area (Å²) in [5.41, 5.74) is 2.42. The summed E-state index contributed by atoms with van der Waals surface area (Å²) in [5.74, 6) is -2.32. The molecule has 0 radical (unpaired) electrons. The molecule has 3 aromatic rings. The van der Waals surface area contributed by atoms with Crippen LogP contribution in [0.2, 0.25) is 0 Å². The van der Waals surface area contributed by atoms with E-state index in [1.165, 1.54) is 24.3 Å². The second-order valence-corrected chi connectivity index (χ2v) is 8.44. The highest BCUT2D eigenvalue weighted by Gasteiger charge is 2.40. The Hall–Kier alpha value is -3.84. The summed E-state index contributed by atoms with van der Waals surface area (Å²) in [6.07, 6.45) is 4.67. The van der Waals surface area contributed by atoms with Crippen molar-refractivity contribution in [3.63, 3.8) is 0 Å². The Morgan fingerprint density at radius 1 is 1.09 bits per heavy atom. The largest absolute Gasteiger partial charge is 0.465 e. The first-order valence-electron chi connectivity index (χ1n) is 11.2. The van der Waals surface area contributed by atoms with E-state index in [1.54, 1.807) is 6.07 Å². The van der Waals surface area contributed by atoms with Crippen molar-refractivity contribution in [1.82, 2.24) is 5.32 Å². The predicted molar refractivity (Wildman–Crippen MR) is 128 cm³/mol. The van der Waals surface area contributed by atoms with E-state index in [2.05, 4.69) is 10.1 Å². The van der Waals surface area contributed by atoms with Gasteiger partial charge in [-0.25, -0.2) is 13.6 Å². The Morgan fingerprint density at radius 3 is 2.54 bits per heavy atom. The number of benzene rings is 3. The van der Waals surface area contributed by atoms with Gasteiger partial charge < -0.3 is 15.2 Å². The van der Waals surface area contributed by atoms with Crippen molar-refractivity contribution in [3.05, 3.63) is 101 Å². The average Bonchev–Trinajstić information content (AvgIpc) is 3.66. The highest BCUT2D eigenvalue weighted by atomic mass is 19.1. The zero-order valence-electron chi connectivity index (χ0n) is 19.1. The fraction of sp³-hybridized carbons (Fsp3) is 0.214. The van der Waals surface area contributed by atoms with Gasteiger partial charge in [-0.3, -0.25) is 4.79 Å². The number of allylic oxidation sites excluding steroid dienone is 1. The summed E-state index contributed by atoms with van der Waals surface area (Å²) in [6.45, 7) is 0.0189. The molecular weight excluding hydrogens is 452 g/mol. The number of carbonyl (C=O) groups is 2. The lowest BCUT2D eigenvalue weighted by Crippen LogP contribution is -2.25. The molecule has 1 aliphatic carbocycles. The fourth-order valence-corrected chi connectivity index (χ4v) is 3.94. The Kier molecular flexibility index (Phi) is 7.36. The highest BCUT2D eigenvalue weighted by molar-refractivity contribution is 5.97. The van der Waals surface area contributed by atoms with Crippen LogP contribution in [0, 0.1) is 23.5 Å². The third-order valence-electron chi connectivity index (χ3n) is 6.09. The van der Waals surface area contributed by atoms with Gasteiger partial charge in [0.15, 0.2) is 0 Å². The number of amides is 1. The maximum atomic E-state index is 14.8. The smallest absolute Gasteiger partial charge is 0.341 e. The molecule has 3 aromatic carbocycles. The van der Waals surface area contributed by atoms with E-state index in [4.69, 9.17) is 5.11 Å². The highest BCUT2D eigenvalue weighted by Crippen LogP contribution is 2.40. The molecule has 1 saturated carbocycles. The lowest BCUT2D eigenvalue weighted by atomic mass is 9.98. The number of halogens is 2. The first-order chi connectivity index (χ1) is 16.9. The van der Waals surface area contributed by atoms with Gasteiger partial charge in [0.1, 0.15) is 17.2 Å². The van der Waals surface area contributed by atoms with Crippen LogP contribution in [-0.4, -0.2) is 24.1 Å². The van der Waals surface area contributed by atoms with Crippen molar-refractivity contribution in [1.29, 1.82) is 0 Å². The van der Waals surface area contributed by atoms with Crippen LogP contribution >= 0.6 is 0 Å². The molecule has 2 atom stereocenters. The summed E-state index contributed by atoms with van der Waals surface area (Å²) in [5, 5.41) is 11.9. The van der Waals surface area contributed by atoms with Crippen LogP contribution in [0.5, 0.6) is 0 Å². The summed E-state index contributed by atoms with van der Waals surface area (Å²) in [7, 11) is 1.15. The van der Waals surface area contributed by atoms with Gasteiger partial charge in [-0.2, -0.15) is 0 Å². The van der Waals surface area contributed by atoms with Crippen LogP contribution in [0.15, 0.2) is 66.7 Å². The topological polar surface area (TPSA) is 75.6 Å². The molecule has 0 aliphatic heterocycles. The Morgan fingerprint density at radius 2 is 1.86 bits per heavy atom. The number of aliphatic hydroxyl groups is 1. The van der Waals surface area contributed by atoms with Gasteiger partial charge in [-0.1, -0.05) is 60.7 Å². The Bertz CT molecular complexity index is 1270. The van der Waals surface area contributed by atoms with Gasteiger partial charge in [0.05, 0.1) is 13.7 Å². The number of ether oxygens (including phenoxy) is 1. The van der Waals surface area contributed by atoms with E-state index in [0.717, 1.165) is 30.7 Å². The molecule has 1 fully saturated rings. The summed E-state index contributed by atoms with van der Waals surface area (Å²) >= 11 is 0. The third kappa shape index (κ3) is 5.63. The molecule has 1 amide bonds. The van der Waals surface area contributed by atoms with Crippen LogP contribution < -0.4 is 5.32 Å². The molecule has 0 bridgehead atoms. The summed E-state index contributed by atoms with van der Waals surface area (Å²) in [4.78, 5) is 24.5. The molecule has 4 rings (SSSR count). The number of hydrogen-bond acceptors (Lipinski definition) is 4. The quantitative estimate of drug-likeness (QED) is 0.454. The first kappa shape index (κ1) is 24.3. The lowest BCUT2D eigenvalue weighted by molar-refractivity contribution is -0.122. The number of aliphatic hydroxyl groups excluding tert-OH is 1. The van der Waals surface area contributed by atoms with Crippen LogP contribution in [0.1, 0.15) is 33.5 Å². The Labute approximate surface area is 202 Å². The van der Waals surface area contributed by atoms with Crippen molar-refractivity contribution in [3.8, 4) is 11.1 Å². The SMILES string of the molecule is COC(=O)c1c(F)cccc1-c1ccc(CNC(=O)[C@@H]2C[C@H]2C=Cc2ccc(CO)cc2)c(F)c1. The second-order valence-electron chi connectivity index (χ2n) is 8.44. The maximum absolute atomic E-state index is 14.8. The molecule has 180 valence electrons. The number of esters is 1. The molecular formula is C28H25F2NO4. The van der Waals surface area contributed by atoms with E-state index < -0.39 is 17.6 Å². The lowest BCUT2D eigenvalue weighted by Gasteiger charge is -2.11. The van der Waals surface area contributed by atoms with Gasteiger partial charge in [-0.15, -0.1) is 0 Å². The minimum absolute atomic E-state index is 0.00246. The van der Waals surface area contributed by atoms with Gasteiger partial charge in [0, 0.05) is 18.0 Å². The van der Waals surface area contributed by atoms with E-state index in [0.29, 0.717) is 5.56 Å². The average molecular weight is 478 g/mol. The van der Waals surface area contributed by atoms with Crippen molar-refractivity contribution in [2.45, 2.75) is 19.6 Å². The van der Waals surface area contributed by atoms with E-state index >= 15 is 0 Å². The van der Waals surface area contributed by atoms with Gasteiger partial charge in [-0.05, 0) is 46.7 Å². The molecule has 1 aliphatic rings. The molecule has 0 spiro atoms. The first-order valence-corrected chi connectivity index (χ1v) is 11.2. The summed E-state index contributed by atoms with van der Waals surface area (Å²) < 4.78 is 33.6. The minimum Gasteiger partial charge on any atom is -0.465 e. The number of carbonyl (C=O) groups excluding carboxylic acids is 2. The van der Waals surface area contributed by atoms with Crippen LogP contribution in [-0.2, 0) is 22.7 Å². The zero-order chi connectivity index (χ0) is 24.9. The molecule has 0 heterocycles. The van der Waals surface area contributed by atoms with Crippen molar-refractivity contribution < 1.29 is 28.2 Å². The van der Waals surface area contributed by atoms with Crippen molar-refractivity contribution >= 4 is 18.0 Å². The number of nitrogens with one attached hydrogen (secondary N) is 1. The molecule has 0 unspecified atom stereocenters. The van der Waals surface area contributed by atoms with Crippen molar-refractivity contribution in [2.24, 2.45) is 11.8 Å². The standard InChI is InChI=1S/C28H25F2NO4/c1-35-28(34)26-22(3-2-4-24(26)29)20-11-12-21(25(30)14-20)15-31-27(33)23-13-19(23)10-9-17-5-7-18(16-32)8-6-17/h2-12,14,19,23,32H,13,15-16H2,1H3,(H,31,33)/t19-,23-/m1/s1. The predicted octanol–water partition coefficient (Wildman–Crippen LogP) is 4.88. The zero-order valence-corrected chi connectivity index (χ0v) is 19.1. The van der Waals surface area contributed by atoms with E-state index in [9.17, 15) is 18.4 Å². The van der Waals surface area contributed by atoms with Crippen LogP contribution in [0.3, 0.4) is 0 Å². The van der Waals surface area contributed by atoms with Gasteiger partial charge in [0.25, 0.3) is 0 Å².